The lowest BCUT2D eigenvalue weighted by Gasteiger charge is -2.34. The third kappa shape index (κ3) is 2.96. The van der Waals surface area contributed by atoms with Crippen LogP contribution in [0.5, 0.6) is 5.75 Å². The quantitative estimate of drug-likeness (QED) is 0.887. The normalized spacial score (nSPS) is 23.3. The predicted molar refractivity (Wildman–Crippen MR) is 74.9 cm³/mol. The van der Waals surface area contributed by atoms with Gasteiger partial charge in [-0.1, -0.05) is 39.0 Å². The molecular weight excluding hydrogens is 230 g/mol. The Bertz CT molecular complexity index is 367. The summed E-state index contributed by atoms with van der Waals surface area (Å²) in [7, 11) is 0. The molecule has 0 saturated heterocycles. The zero-order valence-electron chi connectivity index (χ0n) is 10.8. The molecule has 3 heteroatoms. The molecule has 17 heavy (non-hydrogen) atoms. The zero-order chi connectivity index (χ0) is 12.3. The molecule has 0 radical (unpaired) electrons. The topological polar surface area (TPSA) is 21.3 Å². The van der Waals surface area contributed by atoms with Gasteiger partial charge < -0.3 is 10.1 Å². The first-order valence-corrected chi connectivity index (χ1v) is 7.27. The van der Waals surface area contributed by atoms with Crippen molar-refractivity contribution >= 4 is 11.8 Å². The van der Waals surface area contributed by atoms with E-state index in [2.05, 4.69) is 44.3 Å². The van der Waals surface area contributed by atoms with Gasteiger partial charge in [0.2, 0.25) is 0 Å². The van der Waals surface area contributed by atoms with Gasteiger partial charge in [-0.05, 0) is 17.9 Å². The Morgan fingerprint density at radius 3 is 2.88 bits per heavy atom. The van der Waals surface area contributed by atoms with E-state index in [0.717, 1.165) is 18.9 Å². The van der Waals surface area contributed by atoms with Crippen molar-refractivity contribution in [1.29, 1.82) is 0 Å². The smallest absolute Gasteiger partial charge is 0.124 e. The number of benzene rings is 1. The van der Waals surface area contributed by atoms with Gasteiger partial charge in [-0.2, -0.15) is 11.8 Å². The van der Waals surface area contributed by atoms with Crippen LogP contribution in [0.1, 0.15) is 32.4 Å². The molecule has 0 aliphatic carbocycles. The number of fused-ring (bicyclic) bond motifs is 1. The Hall–Kier alpha value is -0.670. The summed E-state index contributed by atoms with van der Waals surface area (Å²) in [4.78, 5) is 0. The molecule has 94 valence electrons. The van der Waals surface area contributed by atoms with Crippen molar-refractivity contribution in [3.63, 3.8) is 0 Å². The van der Waals surface area contributed by atoms with E-state index in [1.54, 1.807) is 0 Å². The molecule has 2 unspecified atom stereocenters. The highest BCUT2D eigenvalue weighted by Crippen LogP contribution is 2.38. The van der Waals surface area contributed by atoms with E-state index < -0.39 is 0 Å². The highest BCUT2D eigenvalue weighted by Gasteiger charge is 2.30. The van der Waals surface area contributed by atoms with Gasteiger partial charge in [-0.3, -0.25) is 0 Å². The molecule has 0 fully saturated rings. The summed E-state index contributed by atoms with van der Waals surface area (Å²) >= 11 is 2.00. The zero-order valence-corrected chi connectivity index (χ0v) is 11.6. The summed E-state index contributed by atoms with van der Waals surface area (Å²) in [5.74, 6) is 1.04. The second kappa shape index (κ2) is 5.78. The molecule has 0 spiro atoms. The molecule has 0 bridgehead atoms. The number of thioether (sulfide) groups is 1. The monoisotopic (exact) mass is 251 g/mol. The number of hydrogen-bond donors (Lipinski definition) is 1. The van der Waals surface area contributed by atoms with Crippen molar-refractivity contribution in [2.45, 2.75) is 37.3 Å². The first-order chi connectivity index (χ1) is 8.22. The molecule has 2 nitrogen and oxygen atoms in total. The second-order valence-corrected chi connectivity index (χ2v) is 6.43. The number of hydrogen-bond acceptors (Lipinski definition) is 3. The fourth-order valence-corrected chi connectivity index (χ4v) is 3.51. The Kier molecular flexibility index (Phi) is 4.35. The van der Waals surface area contributed by atoms with Crippen LogP contribution in [0, 0.1) is 0 Å². The van der Waals surface area contributed by atoms with Crippen LogP contribution >= 0.6 is 11.8 Å². The van der Waals surface area contributed by atoms with Crippen molar-refractivity contribution in [2.24, 2.45) is 0 Å². The van der Waals surface area contributed by atoms with Gasteiger partial charge in [0.25, 0.3) is 0 Å². The van der Waals surface area contributed by atoms with Crippen LogP contribution in [-0.4, -0.2) is 23.7 Å². The molecule has 0 saturated carbocycles. The van der Waals surface area contributed by atoms with Crippen molar-refractivity contribution in [3.05, 3.63) is 29.8 Å². The standard InChI is InChI=1S/C14H21NOS/c1-4-15-14-11-7-5-6-8-12(11)16-9-13(14)17-10(2)3/h5-8,10,13-15H,4,9H2,1-3H3. The largest absolute Gasteiger partial charge is 0.492 e. The van der Waals surface area contributed by atoms with Gasteiger partial charge in [0.05, 0.1) is 11.3 Å². The maximum Gasteiger partial charge on any atom is 0.124 e. The molecule has 1 aliphatic rings. The Morgan fingerprint density at radius 2 is 2.18 bits per heavy atom. The summed E-state index contributed by atoms with van der Waals surface area (Å²) < 4.78 is 5.85. The Balaban J connectivity index is 2.22. The average Bonchev–Trinajstić information content (AvgIpc) is 2.32. The maximum atomic E-state index is 5.85. The summed E-state index contributed by atoms with van der Waals surface area (Å²) in [6.45, 7) is 8.45. The number of para-hydroxylation sites is 1. The van der Waals surface area contributed by atoms with Crippen LogP contribution in [0.15, 0.2) is 24.3 Å². The molecule has 1 aromatic rings. The van der Waals surface area contributed by atoms with Crippen LogP contribution in [0.4, 0.5) is 0 Å². The number of nitrogens with one attached hydrogen (secondary N) is 1. The minimum atomic E-state index is 0.414. The minimum Gasteiger partial charge on any atom is -0.492 e. The molecule has 1 aromatic carbocycles. The highest BCUT2D eigenvalue weighted by molar-refractivity contribution is 8.00. The van der Waals surface area contributed by atoms with Gasteiger partial charge >= 0.3 is 0 Å². The fraction of sp³-hybridized carbons (Fsp3) is 0.571. The van der Waals surface area contributed by atoms with Gasteiger partial charge in [0, 0.05) is 5.56 Å². The van der Waals surface area contributed by atoms with Crippen LogP contribution in [0.25, 0.3) is 0 Å². The van der Waals surface area contributed by atoms with E-state index in [0.29, 0.717) is 16.5 Å². The minimum absolute atomic E-state index is 0.414. The van der Waals surface area contributed by atoms with E-state index >= 15 is 0 Å². The van der Waals surface area contributed by atoms with Gasteiger partial charge in [0.1, 0.15) is 12.4 Å². The van der Waals surface area contributed by atoms with Crippen molar-refractivity contribution in [3.8, 4) is 5.75 Å². The molecule has 0 amide bonds. The van der Waals surface area contributed by atoms with Gasteiger partial charge in [-0.25, -0.2) is 0 Å². The summed E-state index contributed by atoms with van der Waals surface area (Å²) in [6.07, 6.45) is 0. The third-order valence-electron chi connectivity index (χ3n) is 2.90. The van der Waals surface area contributed by atoms with Gasteiger partial charge in [0.15, 0.2) is 0 Å². The van der Waals surface area contributed by atoms with Crippen LogP contribution in [0.3, 0.4) is 0 Å². The summed E-state index contributed by atoms with van der Waals surface area (Å²) in [5, 5.41) is 4.73. The highest BCUT2D eigenvalue weighted by atomic mass is 32.2. The lowest BCUT2D eigenvalue weighted by atomic mass is 10.0. The molecule has 0 aromatic heterocycles. The molecule has 2 atom stereocenters. The molecule has 1 heterocycles. The molecule has 1 N–H and O–H groups in total. The van der Waals surface area contributed by atoms with Crippen LogP contribution in [0.2, 0.25) is 0 Å². The summed E-state index contributed by atoms with van der Waals surface area (Å²) in [5.41, 5.74) is 1.30. The van der Waals surface area contributed by atoms with Crippen molar-refractivity contribution in [1.82, 2.24) is 5.32 Å². The number of ether oxygens (including phenoxy) is 1. The van der Waals surface area contributed by atoms with Crippen LogP contribution in [-0.2, 0) is 0 Å². The SMILES string of the molecule is CCNC1c2ccccc2OCC1SC(C)C. The summed E-state index contributed by atoms with van der Waals surface area (Å²) in [6, 6.07) is 8.79. The average molecular weight is 251 g/mol. The van der Waals surface area contributed by atoms with E-state index in [4.69, 9.17) is 4.74 Å². The lowest BCUT2D eigenvalue weighted by Crippen LogP contribution is -2.38. The third-order valence-corrected chi connectivity index (χ3v) is 4.20. The van der Waals surface area contributed by atoms with Crippen LogP contribution < -0.4 is 10.1 Å². The molecule has 2 rings (SSSR count). The Labute approximate surface area is 108 Å². The van der Waals surface area contributed by atoms with E-state index in [1.165, 1.54) is 5.56 Å². The second-order valence-electron chi connectivity index (χ2n) is 4.61. The van der Waals surface area contributed by atoms with E-state index in [-0.39, 0.29) is 0 Å². The van der Waals surface area contributed by atoms with Crippen molar-refractivity contribution in [2.75, 3.05) is 13.2 Å². The molecular formula is C14H21NOS. The fourth-order valence-electron chi connectivity index (χ4n) is 2.27. The Morgan fingerprint density at radius 1 is 1.41 bits per heavy atom. The maximum absolute atomic E-state index is 5.85. The molecule has 1 aliphatic heterocycles. The van der Waals surface area contributed by atoms with Crippen molar-refractivity contribution < 1.29 is 4.74 Å². The first kappa shape index (κ1) is 12.8. The van der Waals surface area contributed by atoms with Gasteiger partial charge in [-0.15, -0.1) is 0 Å². The lowest BCUT2D eigenvalue weighted by molar-refractivity contribution is 0.261. The van der Waals surface area contributed by atoms with E-state index in [9.17, 15) is 0 Å². The predicted octanol–water partition coefficient (Wildman–Crippen LogP) is 3.24. The number of rotatable bonds is 4. The van der Waals surface area contributed by atoms with E-state index in [1.807, 2.05) is 17.8 Å². The first-order valence-electron chi connectivity index (χ1n) is 6.33.